The number of thioether (sulfide) groups is 1. The average Bonchev–Trinajstić information content (AvgIpc) is 2.91. The largest absolute Gasteiger partial charge is 0.468 e. The Morgan fingerprint density at radius 3 is 3.06 bits per heavy atom. The zero-order chi connectivity index (χ0) is 11.4. The van der Waals surface area contributed by atoms with Crippen molar-refractivity contribution in [3.63, 3.8) is 0 Å². The van der Waals surface area contributed by atoms with Crippen molar-refractivity contribution in [2.24, 2.45) is 0 Å². The first kappa shape index (κ1) is 12.1. The van der Waals surface area contributed by atoms with Crippen molar-refractivity contribution < 1.29 is 4.42 Å². The Kier molecular flexibility index (Phi) is 3.98. The van der Waals surface area contributed by atoms with Gasteiger partial charge in [-0.15, -0.1) is 0 Å². The number of nitrogens with one attached hydrogen (secondary N) is 1. The summed E-state index contributed by atoms with van der Waals surface area (Å²) in [7, 11) is 0. The summed E-state index contributed by atoms with van der Waals surface area (Å²) in [6.07, 6.45) is 5.54. The van der Waals surface area contributed by atoms with Crippen LogP contribution in [0.2, 0.25) is 0 Å². The first-order valence-corrected chi connectivity index (χ1v) is 7.15. The SMILES string of the molecule is CCCNC(c1ccco1)C1(C)CCCS1. The van der Waals surface area contributed by atoms with Crippen LogP contribution in [0.15, 0.2) is 22.8 Å². The van der Waals surface area contributed by atoms with Crippen LogP contribution in [0.25, 0.3) is 0 Å². The van der Waals surface area contributed by atoms with Crippen molar-refractivity contribution in [2.75, 3.05) is 12.3 Å². The second kappa shape index (κ2) is 5.28. The Labute approximate surface area is 102 Å². The third kappa shape index (κ3) is 2.46. The molecule has 1 aromatic rings. The van der Waals surface area contributed by atoms with Gasteiger partial charge in [0.25, 0.3) is 0 Å². The molecular formula is C13H21NOS. The lowest BCUT2D eigenvalue weighted by Gasteiger charge is -2.32. The van der Waals surface area contributed by atoms with Crippen molar-refractivity contribution in [3.8, 4) is 0 Å². The minimum atomic E-state index is 0.299. The summed E-state index contributed by atoms with van der Waals surface area (Å²) in [5, 5.41) is 3.64. The molecule has 2 heterocycles. The van der Waals surface area contributed by atoms with Crippen LogP contribution in [-0.4, -0.2) is 17.0 Å². The standard InChI is InChI=1S/C13H21NOS/c1-3-8-14-12(11-6-4-9-15-11)13(2)7-5-10-16-13/h4,6,9,12,14H,3,5,7-8,10H2,1-2H3. The first-order valence-electron chi connectivity index (χ1n) is 6.17. The molecular weight excluding hydrogens is 218 g/mol. The summed E-state index contributed by atoms with van der Waals surface area (Å²) in [6.45, 7) is 5.62. The molecule has 3 heteroatoms. The van der Waals surface area contributed by atoms with E-state index < -0.39 is 0 Å². The van der Waals surface area contributed by atoms with Crippen molar-refractivity contribution in [1.82, 2.24) is 5.32 Å². The van der Waals surface area contributed by atoms with Crippen LogP contribution >= 0.6 is 11.8 Å². The van der Waals surface area contributed by atoms with Gasteiger partial charge in [-0.05, 0) is 50.6 Å². The lowest BCUT2D eigenvalue weighted by Crippen LogP contribution is -2.37. The molecule has 90 valence electrons. The highest BCUT2D eigenvalue weighted by Crippen LogP contribution is 2.46. The number of hydrogen-bond donors (Lipinski definition) is 1. The van der Waals surface area contributed by atoms with Crippen LogP contribution in [0, 0.1) is 0 Å². The summed E-state index contributed by atoms with van der Waals surface area (Å²) in [6, 6.07) is 4.44. The minimum Gasteiger partial charge on any atom is -0.468 e. The van der Waals surface area contributed by atoms with Gasteiger partial charge in [-0.25, -0.2) is 0 Å². The van der Waals surface area contributed by atoms with E-state index in [1.807, 2.05) is 6.07 Å². The molecule has 0 spiro atoms. The maximum absolute atomic E-state index is 5.59. The normalized spacial score (nSPS) is 27.1. The second-order valence-corrected chi connectivity index (χ2v) is 6.30. The Balaban J connectivity index is 2.14. The predicted octanol–water partition coefficient (Wildman–Crippen LogP) is 3.61. The van der Waals surface area contributed by atoms with Gasteiger partial charge in [-0.1, -0.05) is 6.92 Å². The van der Waals surface area contributed by atoms with Crippen molar-refractivity contribution >= 4 is 11.8 Å². The van der Waals surface area contributed by atoms with Gasteiger partial charge in [0.15, 0.2) is 0 Å². The first-order chi connectivity index (χ1) is 7.76. The zero-order valence-electron chi connectivity index (χ0n) is 10.2. The Morgan fingerprint density at radius 2 is 2.50 bits per heavy atom. The van der Waals surface area contributed by atoms with Crippen LogP contribution < -0.4 is 5.32 Å². The molecule has 16 heavy (non-hydrogen) atoms. The molecule has 0 saturated carbocycles. The number of furan rings is 1. The van der Waals surface area contributed by atoms with Gasteiger partial charge in [0.2, 0.25) is 0 Å². The molecule has 2 nitrogen and oxygen atoms in total. The average molecular weight is 239 g/mol. The summed E-state index contributed by atoms with van der Waals surface area (Å²) >= 11 is 2.08. The predicted molar refractivity (Wildman–Crippen MR) is 69.8 cm³/mol. The molecule has 0 aliphatic carbocycles. The third-order valence-electron chi connectivity index (χ3n) is 3.29. The Morgan fingerprint density at radius 1 is 1.62 bits per heavy atom. The van der Waals surface area contributed by atoms with E-state index in [4.69, 9.17) is 4.42 Å². The van der Waals surface area contributed by atoms with E-state index >= 15 is 0 Å². The molecule has 1 aliphatic rings. The summed E-state index contributed by atoms with van der Waals surface area (Å²) in [4.78, 5) is 0. The molecule has 1 fully saturated rings. The highest BCUT2D eigenvalue weighted by molar-refractivity contribution is 8.00. The Hall–Kier alpha value is -0.410. The van der Waals surface area contributed by atoms with Crippen LogP contribution in [0.5, 0.6) is 0 Å². The van der Waals surface area contributed by atoms with Crippen molar-refractivity contribution in [2.45, 2.75) is 43.9 Å². The summed E-state index contributed by atoms with van der Waals surface area (Å²) < 4.78 is 5.89. The van der Waals surface area contributed by atoms with Crippen LogP contribution in [-0.2, 0) is 0 Å². The van der Waals surface area contributed by atoms with E-state index in [0.717, 1.165) is 18.7 Å². The molecule has 0 aromatic carbocycles. The van der Waals surface area contributed by atoms with Crippen molar-refractivity contribution in [3.05, 3.63) is 24.2 Å². The van der Waals surface area contributed by atoms with Gasteiger partial charge >= 0.3 is 0 Å². The van der Waals surface area contributed by atoms with Gasteiger partial charge in [-0.3, -0.25) is 0 Å². The summed E-state index contributed by atoms with van der Waals surface area (Å²) in [5.74, 6) is 2.37. The van der Waals surface area contributed by atoms with E-state index in [-0.39, 0.29) is 0 Å². The lowest BCUT2D eigenvalue weighted by atomic mass is 9.94. The zero-order valence-corrected chi connectivity index (χ0v) is 11.0. The minimum absolute atomic E-state index is 0.299. The third-order valence-corrected chi connectivity index (χ3v) is 4.88. The fraction of sp³-hybridized carbons (Fsp3) is 0.692. The molecule has 1 N–H and O–H groups in total. The van der Waals surface area contributed by atoms with Crippen LogP contribution in [0.1, 0.15) is 44.9 Å². The molecule has 1 aliphatic heterocycles. The number of hydrogen-bond acceptors (Lipinski definition) is 3. The van der Waals surface area contributed by atoms with Gasteiger partial charge in [-0.2, -0.15) is 11.8 Å². The smallest absolute Gasteiger partial charge is 0.122 e. The van der Waals surface area contributed by atoms with Crippen LogP contribution in [0.4, 0.5) is 0 Å². The van der Waals surface area contributed by atoms with Gasteiger partial charge in [0.1, 0.15) is 5.76 Å². The maximum atomic E-state index is 5.59. The quantitative estimate of drug-likeness (QED) is 0.850. The molecule has 2 atom stereocenters. The molecule has 0 radical (unpaired) electrons. The van der Waals surface area contributed by atoms with E-state index in [0.29, 0.717) is 10.8 Å². The van der Waals surface area contributed by atoms with E-state index in [9.17, 15) is 0 Å². The van der Waals surface area contributed by atoms with Gasteiger partial charge < -0.3 is 9.73 Å². The lowest BCUT2D eigenvalue weighted by molar-refractivity contribution is 0.346. The topological polar surface area (TPSA) is 25.2 Å². The second-order valence-electron chi connectivity index (χ2n) is 4.67. The summed E-state index contributed by atoms with van der Waals surface area (Å²) in [5.41, 5.74) is 0. The van der Waals surface area contributed by atoms with Gasteiger partial charge in [0.05, 0.1) is 12.3 Å². The fourth-order valence-electron chi connectivity index (χ4n) is 2.39. The highest BCUT2D eigenvalue weighted by atomic mass is 32.2. The molecule has 2 unspecified atom stereocenters. The van der Waals surface area contributed by atoms with E-state index in [2.05, 4.69) is 37.0 Å². The monoisotopic (exact) mass is 239 g/mol. The molecule has 0 bridgehead atoms. The van der Waals surface area contributed by atoms with E-state index in [1.54, 1.807) is 6.26 Å². The molecule has 1 aromatic heterocycles. The van der Waals surface area contributed by atoms with Crippen LogP contribution in [0.3, 0.4) is 0 Å². The molecule has 0 amide bonds. The van der Waals surface area contributed by atoms with Crippen molar-refractivity contribution in [1.29, 1.82) is 0 Å². The fourth-order valence-corrected chi connectivity index (χ4v) is 3.80. The molecule has 1 saturated heterocycles. The van der Waals surface area contributed by atoms with E-state index in [1.165, 1.54) is 18.6 Å². The molecule has 2 rings (SSSR count). The number of rotatable bonds is 5. The maximum Gasteiger partial charge on any atom is 0.122 e. The van der Waals surface area contributed by atoms with Gasteiger partial charge in [0, 0.05) is 4.75 Å². The highest BCUT2D eigenvalue weighted by Gasteiger charge is 2.39. The Bertz CT molecular complexity index is 304.